The summed E-state index contributed by atoms with van der Waals surface area (Å²) in [5, 5.41) is 13.0. The lowest BCUT2D eigenvalue weighted by atomic mass is 10.3. The average Bonchev–Trinajstić information content (AvgIpc) is 2.74. The molecule has 0 amide bonds. The molecule has 0 aliphatic carbocycles. The molecule has 94 valence electrons. The molecule has 0 aliphatic heterocycles. The van der Waals surface area contributed by atoms with Crippen molar-refractivity contribution in [1.29, 1.82) is 0 Å². The van der Waals surface area contributed by atoms with E-state index in [2.05, 4.69) is 32.7 Å². The summed E-state index contributed by atoms with van der Waals surface area (Å²) in [5.41, 5.74) is 0.838. The fourth-order valence-corrected chi connectivity index (χ4v) is 2.16. The van der Waals surface area contributed by atoms with Crippen molar-refractivity contribution in [1.82, 2.24) is 14.8 Å². The van der Waals surface area contributed by atoms with Crippen molar-refractivity contribution in [2.45, 2.75) is 19.8 Å². The lowest BCUT2D eigenvalue weighted by molar-refractivity contribution is 0.0683. The standard InChI is InChI=1S/C12H12IN3O2/c1-2-4-10-14-11(12(17)18)15-16(10)9-6-3-5-8(13)7-9/h3,5-7H,2,4H2,1H3,(H,17,18). The lowest BCUT2D eigenvalue weighted by Crippen LogP contribution is -2.04. The molecule has 2 rings (SSSR count). The summed E-state index contributed by atoms with van der Waals surface area (Å²) in [7, 11) is 0. The Morgan fingerprint density at radius 3 is 2.89 bits per heavy atom. The highest BCUT2D eigenvalue weighted by Gasteiger charge is 2.15. The zero-order chi connectivity index (χ0) is 13.1. The van der Waals surface area contributed by atoms with E-state index in [1.54, 1.807) is 4.68 Å². The molecule has 1 heterocycles. The first-order valence-electron chi connectivity index (χ1n) is 5.57. The maximum atomic E-state index is 10.9. The van der Waals surface area contributed by atoms with Crippen LogP contribution in [0, 0.1) is 3.57 Å². The molecule has 0 unspecified atom stereocenters. The highest BCUT2D eigenvalue weighted by Crippen LogP contribution is 2.14. The van der Waals surface area contributed by atoms with Crippen LogP contribution in [0.1, 0.15) is 29.8 Å². The predicted molar refractivity (Wildman–Crippen MR) is 75.0 cm³/mol. The highest BCUT2D eigenvalue weighted by molar-refractivity contribution is 14.1. The summed E-state index contributed by atoms with van der Waals surface area (Å²) in [4.78, 5) is 15.0. The molecule has 0 saturated carbocycles. The Hall–Kier alpha value is -1.44. The largest absolute Gasteiger partial charge is 0.475 e. The van der Waals surface area contributed by atoms with Gasteiger partial charge in [0.25, 0.3) is 5.82 Å². The number of carboxylic acids is 1. The quantitative estimate of drug-likeness (QED) is 0.854. The molecule has 0 radical (unpaired) electrons. The van der Waals surface area contributed by atoms with E-state index in [9.17, 15) is 4.79 Å². The average molecular weight is 357 g/mol. The van der Waals surface area contributed by atoms with Gasteiger partial charge in [0.2, 0.25) is 0 Å². The molecule has 0 bridgehead atoms. The molecular weight excluding hydrogens is 345 g/mol. The first-order chi connectivity index (χ1) is 8.61. The summed E-state index contributed by atoms with van der Waals surface area (Å²) in [5.74, 6) is -0.578. The van der Waals surface area contributed by atoms with Crippen LogP contribution >= 0.6 is 22.6 Å². The molecule has 0 atom stereocenters. The number of carboxylic acid groups (broad SMARTS) is 1. The molecule has 6 heteroatoms. The Kier molecular flexibility index (Phi) is 3.95. The van der Waals surface area contributed by atoms with E-state index in [0.29, 0.717) is 12.2 Å². The molecule has 1 N–H and O–H groups in total. The van der Waals surface area contributed by atoms with E-state index in [-0.39, 0.29) is 5.82 Å². The summed E-state index contributed by atoms with van der Waals surface area (Å²) in [6.45, 7) is 2.02. The number of hydrogen-bond acceptors (Lipinski definition) is 3. The minimum absolute atomic E-state index is 0.155. The highest BCUT2D eigenvalue weighted by atomic mass is 127. The van der Waals surface area contributed by atoms with Gasteiger partial charge in [-0.05, 0) is 47.2 Å². The molecule has 2 aromatic rings. The molecule has 0 aliphatic rings. The first kappa shape index (κ1) is 13.0. The Morgan fingerprint density at radius 2 is 2.28 bits per heavy atom. The zero-order valence-electron chi connectivity index (χ0n) is 9.80. The molecule has 0 spiro atoms. The fourth-order valence-electron chi connectivity index (χ4n) is 1.64. The normalized spacial score (nSPS) is 10.6. The summed E-state index contributed by atoms with van der Waals surface area (Å²) < 4.78 is 2.68. The van der Waals surface area contributed by atoms with Crippen molar-refractivity contribution < 1.29 is 9.90 Å². The summed E-state index contributed by atoms with van der Waals surface area (Å²) in [6.07, 6.45) is 1.59. The van der Waals surface area contributed by atoms with Gasteiger partial charge in [0.05, 0.1) is 5.69 Å². The molecular formula is C12H12IN3O2. The van der Waals surface area contributed by atoms with Crippen LogP contribution in [0.15, 0.2) is 24.3 Å². The van der Waals surface area contributed by atoms with Gasteiger partial charge in [-0.3, -0.25) is 0 Å². The summed E-state index contributed by atoms with van der Waals surface area (Å²) in [6, 6.07) is 7.72. The molecule has 1 aromatic carbocycles. The number of halogens is 1. The Bertz CT molecular complexity index is 580. The van der Waals surface area contributed by atoms with Gasteiger partial charge < -0.3 is 5.11 Å². The van der Waals surface area contributed by atoms with Crippen LogP contribution in [0.2, 0.25) is 0 Å². The van der Waals surface area contributed by atoms with Gasteiger partial charge in [-0.25, -0.2) is 14.5 Å². The Labute approximate surface area is 118 Å². The van der Waals surface area contributed by atoms with Crippen LogP contribution in [0.5, 0.6) is 0 Å². The topological polar surface area (TPSA) is 68.0 Å². The maximum absolute atomic E-state index is 10.9. The smallest absolute Gasteiger partial charge is 0.375 e. The van der Waals surface area contributed by atoms with Crippen LogP contribution < -0.4 is 0 Å². The Morgan fingerprint density at radius 1 is 1.50 bits per heavy atom. The first-order valence-corrected chi connectivity index (χ1v) is 6.65. The second-order valence-electron chi connectivity index (χ2n) is 3.80. The molecule has 0 saturated heterocycles. The number of aromatic nitrogens is 3. The van der Waals surface area contributed by atoms with E-state index in [4.69, 9.17) is 5.11 Å². The van der Waals surface area contributed by atoms with Crippen molar-refractivity contribution in [2.75, 3.05) is 0 Å². The van der Waals surface area contributed by atoms with Crippen molar-refractivity contribution in [2.24, 2.45) is 0 Å². The summed E-state index contributed by atoms with van der Waals surface area (Å²) >= 11 is 2.21. The van der Waals surface area contributed by atoms with Crippen LogP contribution in [-0.4, -0.2) is 25.8 Å². The number of aromatic carboxylic acids is 1. The van der Waals surface area contributed by atoms with Crippen LogP contribution in [-0.2, 0) is 6.42 Å². The monoisotopic (exact) mass is 357 g/mol. The van der Waals surface area contributed by atoms with Crippen molar-refractivity contribution >= 4 is 28.6 Å². The Balaban J connectivity index is 2.51. The lowest BCUT2D eigenvalue weighted by Gasteiger charge is -2.04. The van der Waals surface area contributed by atoms with Gasteiger partial charge in [-0.2, -0.15) is 0 Å². The molecule has 0 fully saturated rings. The number of rotatable bonds is 4. The third-order valence-electron chi connectivity index (χ3n) is 2.39. The maximum Gasteiger partial charge on any atom is 0.375 e. The van der Waals surface area contributed by atoms with Gasteiger partial charge >= 0.3 is 5.97 Å². The van der Waals surface area contributed by atoms with Gasteiger partial charge in [0, 0.05) is 9.99 Å². The predicted octanol–water partition coefficient (Wildman–Crippen LogP) is 2.52. The SMILES string of the molecule is CCCc1nc(C(=O)O)nn1-c1cccc(I)c1. The van der Waals surface area contributed by atoms with Crippen molar-refractivity contribution in [3.05, 3.63) is 39.5 Å². The molecule has 1 aromatic heterocycles. The van der Waals surface area contributed by atoms with E-state index >= 15 is 0 Å². The van der Waals surface area contributed by atoms with Gasteiger partial charge in [-0.1, -0.05) is 13.0 Å². The fraction of sp³-hybridized carbons (Fsp3) is 0.250. The molecule has 18 heavy (non-hydrogen) atoms. The number of aryl methyl sites for hydroxylation is 1. The third-order valence-corrected chi connectivity index (χ3v) is 3.06. The van der Waals surface area contributed by atoms with Gasteiger partial charge in [-0.15, -0.1) is 5.10 Å². The molecule has 5 nitrogen and oxygen atoms in total. The van der Waals surface area contributed by atoms with Crippen LogP contribution in [0.4, 0.5) is 0 Å². The van der Waals surface area contributed by atoms with Crippen LogP contribution in [0.3, 0.4) is 0 Å². The number of carbonyl (C=O) groups is 1. The third kappa shape index (κ3) is 2.69. The number of hydrogen-bond donors (Lipinski definition) is 1. The number of benzene rings is 1. The minimum Gasteiger partial charge on any atom is -0.475 e. The van der Waals surface area contributed by atoms with Crippen molar-refractivity contribution in [3.63, 3.8) is 0 Å². The minimum atomic E-state index is -1.10. The van der Waals surface area contributed by atoms with E-state index in [0.717, 1.165) is 15.7 Å². The van der Waals surface area contributed by atoms with Gasteiger partial charge in [0.1, 0.15) is 5.82 Å². The van der Waals surface area contributed by atoms with E-state index in [1.165, 1.54) is 0 Å². The van der Waals surface area contributed by atoms with Gasteiger partial charge in [0.15, 0.2) is 0 Å². The number of nitrogens with zero attached hydrogens (tertiary/aromatic N) is 3. The van der Waals surface area contributed by atoms with E-state index < -0.39 is 5.97 Å². The second kappa shape index (κ2) is 5.47. The second-order valence-corrected chi connectivity index (χ2v) is 5.04. The zero-order valence-corrected chi connectivity index (χ0v) is 12.0. The van der Waals surface area contributed by atoms with Crippen LogP contribution in [0.25, 0.3) is 5.69 Å². The van der Waals surface area contributed by atoms with Crippen molar-refractivity contribution in [3.8, 4) is 5.69 Å². The van der Waals surface area contributed by atoms with E-state index in [1.807, 2.05) is 31.2 Å².